The Balaban J connectivity index is 2.13. The fraction of sp³-hybridized carbons (Fsp3) is 0.688. The lowest BCUT2D eigenvalue weighted by molar-refractivity contribution is 0.0858. The van der Waals surface area contributed by atoms with Gasteiger partial charge in [0.15, 0.2) is 0 Å². The molecule has 0 radical (unpaired) electrons. The molecule has 0 amide bonds. The molecule has 1 saturated carbocycles. The maximum absolute atomic E-state index is 10.1. The van der Waals surface area contributed by atoms with Crippen LogP contribution in [0, 0.1) is 20.8 Å². The first kappa shape index (κ1) is 14.5. The van der Waals surface area contributed by atoms with Gasteiger partial charge in [0.05, 0.1) is 6.10 Å². The van der Waals surface area contributed by atoms with Gasteiger partial charge in [-0.2, -0.15) is 0 Å². The molecule has 19 heavy (non-hydrogen) atoms. The lowest BCUT2D eigenvalue weighted by Gasteiger charge is -2.32. The molecule has 1 aliphatic carbocycles. The molecule has 1 aliphatic rings. The predicted molar refractivity (Wildman–Crippen MR) is 78.3 cm³/mol. The van der Waals surface area contributed by atoms with E-state index in [0.29, 0.717) is 0 Å². The highest BCUT2D eigenvalue weighted by Gasteiger charge is 2.25. The highest BCUT2D eigenvalue weighted by atomic mass is 16.3. The number of aliphatic hydroxyl groups excluding tert-OH is 1. The van der Waals surface area contributed by atoms with Gasteiger partial charge in [-0.1, -0.05) is 12.8 Å². The summed E-state index contributed by atoms with van der Waals surface area (Å²) in [4.78, 5) is 4.57. The number of aliphatic hydroxyl groups is 1. The lowest BCUT2D eigenvalue weighted by atomic mass is 9.91. The lowest BCUT2D eigenvalue weighted by Crippen LogP contribution is -2.43. The minimum atomic E-state index is -0.199. The fourth-order valence-electron chi connectivity index (χ4n) is 3.40. The number of pyridine rings is 1. The molecule has 3 heteroatoms. The summed E-state index contributed by atoms with van der Waals surface area (Å²) in [6.45, 7) is 8.43. The minimum absolute atomic E-state index is 0.199. The minimum Gasteiger partial charge on any atom is -0.392 e. The largest absolute Gasteiger partial charge is 0.392 e. The standard InChI is InChI=1S/C16H26N2O/c1-10-9-11(2)17-12(3)16(10)13(4)18-14-7-5-6-8-15(14)19/h9,13-15,18-19H,5-8H2,1-4H3. The number of nitrogens with one attached hydrogen (secondary N) is 1. The molecule has 0 bridgehead atoms. The van der Waals surface area contributed by atoms with Crippen LogP contribution in [0.1, 0.15) is 61.2 Å². The fourth-order valence-corrected chi connectivity index (χ4v) is 3.40. The van der Waals surface area contributed by atoms with Crippen molar-refractivity contribution in [2.24, 2.45) is 0 Å². The van der Waals surface area contributed by atoms with Gasteiger partial charge in [-0.05, 0) is 57.7 Å². The van der Waals surface area contributed by atoms with Gasteiger partial charge >= 0.3 is 0 Å². The Morgan fingerprint density at radius 2 is 1.95 bits per heavy atom. The van der Waals surface area contributed by atoms with E-state index in [1.807, 2.05) is 6.92 Å². The normalized spacial score (nSPS) is 25.3. The van der Waals surface area contributed by atoms with E-state index in [9.17, 15) is 5.11 Å². The molecule has 1 aromatic heterocycles. The molecule has 0 aliphatic heterocycles. The molecular formula is C16H26N2O. The van der Waals surface area contributed by atoms with Crippen molar-refractivity contribution in [1.29, 1.82) is 0 Å². The van der Waals surface area contributed by atoms with Crippen molar-refractivity contribution >= 4 is 0 Å². The molecule has 0 aromatic carbocycles. The Kier molecular flexibility index (Phi) is 4.58. The number of hydrogen-bond acceptors (Lipinski definition) is 3. The third kappa shape index (κ3) is 3.34. The first-order chi connectivity index (χ1) is 8.99. The molecule has 3 unspecified atom stereocenters. The molecule has 1 heterocycles. The van der Waals surface area contributed by atoms with Crippen LogP contribution in [-0.2, 0) is 0 Å². The molecule has 2 N–H and O–H groups in total. The Morgan fingerprint density at radius 1 is 1.26 bits per heavy atom. The van der Waals surface area contributed by atoms with Crippen LogP contribution >= 0.6 is 0 Å². The molecular weight excluding hydrogens is 236 g/mol. The number of rotatable bonds is 3. The van der Waals surface area contributed by atoms with E-state index in [4.69, 9.17) is 0 Å². The monoisotopic (exact) mass is 262 g/mol. The number of aromatic nitrogens is 1. The van der Waals surface area contributed by atoms with Gasteiger partial charge in [-0.15, -0.1) is 0 Å². The molecule has 3 nitrogen and oxygen atoms in total. The van der Waals surface area contributed by atoms with Crippen LogP contribution in [0.15, 0.2) is 6.07 Å². The van der Waals surface area contributed by atoms with Crippen molar-refractivity contribution in [2.45, 2.75) is 71.6 Å². The van der Waals surface area contributed by atoms with E-state index in [1.165, 1.54) is 17.5 Å². The number of hydrogen-bond donors (Lipinski definition) is 2. The summed E-state index contributed by atoms with van der Waals surface area (Å²) in [5.41, 5.74) is 4.74. The summed E-state index contributed by atoms with van der Waals surface area (Å²) in [7, 11) is 0. The summed E-state index contributed by atoms with van der Waals surface area (Å²) < 4.78 is 0. The summed E-state index contributed by atoms with van der Waals surface area (Å²) >= 11 is 0. The third-order valence-electron chi connectivity index (χ3n) is 4.21. The molecule has 0 saturated heterocycles. The first-order valence-corrected chi connectivity index (χ1v) is 7.38. The zero-order valence-electron chi connectivity index (χ0n) is 12.5. The van der Waals surface area contributed by atoms with Crippen LogP contribution in [0.3, 0.4) is 0 Å². The second-order valence-corrected chi connectivity index (χ2v) is 5.93. The molecule has 1 aromatic rings. The molecule has 0 spiro atoms. The predicted octanol–water partition coefficient (Wildman–Crippen LogP) is 2.96. The van der Waals surface area contributed by atoms with Gasteiger partial charge in [0.1, 0.15) is 0 Å². The van der Waals surface area contributed by atoms with Crippen LogP contribution in [0.4, 0.5) is 0 Å². The highest BCUT2D eigenvalue weighted by Crippen LogP contribution is 2.25. The van der Waals surface area contributed by atoms with Crippen LogP contribution in [0.25, 0.3) is 0 Å². The van der Waals surface area contributed by atoms with E-state index < -0.39 is 0 Å². The maximum Gasteiger partial charge on any atom is 0.0693 e. The molecule has 1 fully saturated rings. The molecule has 106 valence electrons. The highest BCUT2D eigenvalue weighted by molar-refractivity contribution is 5.33. The zero-order valence-corrected chi connectivity index (χ0v) is 12.5. The smallest absolute Gasteiger partial charge is 0.0693 e. The topological polar surface area (TPSA) is 45.1 Å². The quantitative estimate of drug-likeness (QED) is 0.880. The van der Waals surface area contributed by atoms with Gasteiger partial charge in [0, 0.05) is 23.5 Å². The second kappa shape index (κ2) is 6.02. The van der Waals surface area contributed by atoms with Crippen molar-refractivity contribution in [2.75, 3.05) is 0 Å². The number of aryl methyl sites for hydroxylation is 3. The van der Waals surface area contributed by atoms with E-state index >= 15 is 0 Å². The van der Waals surface area contributed by atoms with Crippen LogP contribution < -0.4 is 5.32 Å². The van der Waals surface area contributed by atoms with Crippen molar-refractivity contribution in [1.82, 2.24) is 10.3 Å². The Morgan fingerprint density at radius 3 is 2.58 bits per heavy atom. The van der Waals surface area contributed by atoms with Crippen molar-refractivity contribution in [3.05, 3.63) is 28.6 Å². The van der Waals surface area contributed by atoms with Gasteiger partial charge in [-0.25, -0.2) is 0 Å². The SMILES string of the molecule is Cc1cc(C)c(C(C)NC2CCCCC2O)c(C)n1. The summed E-state index contributed by atoms with van der Waals surface area (Å²) in [5, 5.41) is 13.7. The number of nitrogens with zero attached hydrogens (tertiary/aromatic N) is 1. The molecule has 2 rings (SSSR count). The van der Waals surface area contributed by atoms with E-state index in [0.717, 1.165) is 30.7 Å². The Hall–Kier alpha value is -0.930. The van der Waals surface area contributed by atoms with E-state index in [2.05, 4.69) is 37.1 Å². The Labute approximate surface area is 116 Å². The van der Waals surface area contributed by atoms with Gasteiger partial charge in [0.25, 0.3) is 0 Å². The van der Waals surface area contributed by atoms with Crippen LogP contribution in [0.5, 0.6) is 0 Å². The maximum atomic E-state index is 10.1. The van der Waals surface area contributed by atoms with Crippen molar-refractivity contribution < 1.29 is 5.11 Å². The zero-order chi connectivity index (χ0) is 14.0. The first-order valence-electron chi connectivity index (χ1n) is 7.38. The molecule has 3 atom stereocenters. The van der Waals surface area contributed by atoms with Gasteiger partial charge < -0.3 is 10.4 Å². The van der Waals surface area contributed by atoms with Crippen molar-refractivity contribution in [3.63, 3.8) is 0 Å². The third-order valence-corrected chi connectivity index (χ3v) is 4.21. The van der Waals surface area contributed by atoms with Crippen LogP contribution in [0.2, 0.25) is 0 Å². The van der Waals surface area contributed by atoms with Crippen molar-refractivity contribution in [3.8, 4) is 0 Å². The van der Waals surface area contributed by atoms with Gasteiger partial charge in [-0.3, -0.25) is 4.98 Å². The van der Waals surface area contributed by atoms with Crippen LogP contribution in [-0.4, -0.2) is 22.2 Å². The Bertz CT molecular complexity index is 421. The summed E-state index contributed by atoms with van der Waals surface area (Å²) in [6, 6.07) is 2.60. The summed E-state index contributed by atoms with van der Waals surface area (Å²) in [6.07, 6.45) is 4.16. The van der Waals surface area contributed by atoms with Gasteiger partial charge in [0.2, 0.25) is 0 Å². The average molecular weight is 262 g/mol. The van der Waals surface area contributed by atoms with E-state index in [1.54, 1.807) is 0 Å². The second-order valence-electron chi connectivity index (χ2n) is 5.93. The summed E-state index contributed by atoms with van der Waals surface area (Å²) in [5.74, 6) is 0. The van der Waals surface area contributed by atoms with E-state index in [-0.39, 0.29) is 18.2 Å². The average Bonchev–Trinajstić information content (AvgIpc) is 2.30.